The third kappa shape index (κ3) is 5.25. The second-order valence-electron chi connectivity index (χ2n) is 10.7. The quantitative estimate of drug-likeness (QED) is 0.388. The Hall–Kier alpha value is -1.40. The summed E-state index contributed by atoms with van der Waals surface area (Å²) in [5.41, 5.74) is 2.74. The van der Waals surface area contributed by atoms with Crippen LogP contribution in [0, 0.1) is 13.8 Å². The van der Waals surface area contributed by atoms with Crippen LogP contribution in [0.3, 0.4) is 0 Å². The van der Waals surface area contributed by atoms with Gasteiger partial charge in [0.2, 0.25) is 0 Å². The summed E-state index contributed by atoms with van der Waals surface area (Å²) in [5.74, 6) is 0. The zero-order chi connectivity index (χ0) is 22.3. The van der Waals surface area contributed by atoms with Gasteiger partial charge in [-0.15, -0.1) is 0 Å². The number of rotatable bonds is 5. The fourth-order valence-electron chi connectivity index (χ4n) is 4.09. The molecule has 0 aliphatic heterocycles. The van der Waals surface area contributed by atoms with E-state index in [1.807, 2.05) is 6.07 Å². The minimum atomic E-state index is -1.69. The van der Waals surface area contributed by atoms with Crippen molar-refractivity contribution in [3.05, 3.63) is 76.8 Å². The van der Waals surface area contributed by atoms with E-state index in [2.05, 4.69) is 108 Å². The summed E-state index contributed by atoms with van der Waals surface area (Å²) in [5, 5.41) is 8.31. The van der Waals surface area contributed by atoms with Gasteiger partial charge in [0, 0.05) is 5.02 Å². The fraction of sp³-hybridized carbons (Fsp3) is 0.308. The van der Waals surface area contributed by atoms with Crippen LogP contribution in [-0.4, -0.2) is 24.9 Å². The van der Waals surface area contributed by atoms with E-state index in [0.717, 1.165) is 5.02 Å². The number of hydrogen-bond acceptors (Lipinski definition) is 0. The van der Waals surface area contributed by atoms with Crippen molar-refractivity contribution in [1.82, 2.24) is 0 Å². The molecule has 0 unspecified atom stereocenters. The Balaban J connectivity index is 2.31. The van der Waals surface area contributed by atoms with Crippen LogP contribution in [0.25, 0.3) is 0 Å². The molecule has 0 spiro atoms. The average molecular weight is 467 g/mol. The molecule has 3 rings (SSSR count). The topological polar surface area (TPSA) is 0 Å². The summed E-state index contributed by atoms with van der Waals surface area (Å²) in [6, 6.07) is 23.2. The molecular weight excluding hydrogens is 432 g/mol. The maximum absolute atomic E-state index is 6.81. The second-order valence-corrected chi connectivity index (χ2v) is 24.1. The molecule has 0 bridgehead atoms. The van der Waals surface area contributed by atoms with Crippen LogP contribution >= 0.6 is 11.6 Å². The molecule has 0 saturated heterocycles. The first-order valence-corrected chi connectivity index (χ1v) is 20.0. The molecule has 0 radical (unpaired) electrons. The van der Waals surface area contributed by atoms with Crippen molar-refractivity contribution in [1.29, 1.82) is 0 Å². The highest BCUT2D eigenvalue weighted by Gasteiger charge is 2.26. The van der Waals surface area contributed by atoms with Gasteiger partial charge in [0.25, 0.3) is 0 Å². The molecule has 0 N–H and O–H groups in total. The van der Waals surface area contributed by atoms with Gasteiger partial charge in [-0.05, 0) is 25.1 Å². The monoisotopic (exact) mass is 466 g/mol. The summed E-state index contributed by atoms with van der Waals surface area (Å²) in [7, 11) is -4.52. The Kier molecular flexibility index (Phi) is 6.69. The third-order valence-corrected chi connectivity index (χ3v) is 13.5. The highest BCUT2D eigenvalue weighted by Crippen LogP contribution is 2.10. The predicted molar refractivity (Wildman–Crippen MR) is 146 cm³/mol. The zero-order valence-electron chi connectivity index (χ0n) is 19.7. The fourth-order valence-corrected chi connectivity index (χ4v) is 10.7. The van der Waals surface area contributed by atoms with E-state index in [9.17, 15) is 0 Å². The Morgan fingerprint density at radius 3 is 1.47 bits per heavy atom. The normalized spacial score (nSPS) is 12.5. The predicted octanol–water partition coefficient (Wildman–Crippen LogP) is 4.30. The largest absolute Gasteiger partial charge is 0.134 e. The summed E-state index contributed by atoms with van der Waals surface area (Å²) >= 11 is 6.81. The van der Waals surface area contributed by atoms with Crippen molar-refractivity contribution in [3.8, 4) is 0 Å². The van der Waals surface area contributed by atoms with Crippen LogP contribution in [0.2, 0.25) is 44.3 Å². The molecule has 0 aromatic heterocycles. The van der Waals surface area contributed by atoms with Gasteiger partial charge in [0.15, 0.2) is 0 Å². The first-order valence-electron chi connectivity index (χ1n) is 10.8. The molecule has 3 aromatic carbocycles. The van der Waals surface area contributed by atoms with E-state index in [1.165, 1.54) is 26.7 Å². The van der Waals surface area contributed by atoms with E-state index in [-0.39, 0.29) is 0 Å². The minimum Gasteiger partial charge on any atom is -0.0845 e. The van der Waals surface area contributed by atoms with Gasteiger partial charge < -0.3 is 0 Å². The van der Waals surface area contributed by atoms with Crippen molar-refractivity contribution in [2.24, 2.45) is 0 Å². The standard InChI is InChI=1S/C26H35ClSi3/c1-19-13-21(17-23(15-19)29(3,4)5)28(26-12-10-9-11-25(26)27)22-14-20(2)16-24(18-22)30(6,7)8/h9-18,28H,1-8H3. The van der Waals surface area contributed by atoms with Crippen molar-refractivity contribution in [2.75, 3.05) is 0 Å². The molecule has 158 valence electrons. The lowest BCUT2D eigenvalue weighted by molar-refractivity contribution is 1.49. The van der Waals surface area contributed by atoms with Gasteiger partial charge in [0.05, 0.1) is 16.1 Å². The zero-order valence-corrected chi connectivity index (χ0v) is 23.6. The third-order valence-electron chi connectivity index (χ3n) is 5.81. The molecular formula is C26H35ClSi3. The Morgan fingerprint density at radius 2 is 1.07 bits per heavy atom. The van der Waals surface area contributed by atoms with Crippen molar-refractivity contribution in [3.63, 3.8) is 0 Å². The van der Waals surface area contributed by atoms with Crippen molar-refractivity contribution in [2.45, 2.75) is 53.1 Å². The number of aryl methyl sites for hydroxylation is 2. The van der Waals surface area contributed by atoms with Gasteiger partial charge in [-0.2, -0.15) is 0 Å². The molecule has 0 fully saturated rings. The summed E-state index contributed by atoms with van der Waals surface area (Å²) in [6.45, 7) is 19.1. The van der Waals surface area contributed by atoms with Crippen LogP contribution in [0.4, 0.5) is 0 Å². The van der Waals surface area contributed by atoms with E-state index in [4.69, 9.17) is 11.6 Å². The molecule has 0 aliphatic carbocycles. The maximum Gasteiger partial charge on any atom is 0.134 e. The number of benzene rings is 3. The van der Waals surface area contributed by atoms with E-state index >= 15 is 0 Å². The van der Waals surface area contributed by atoms with Gasteiger partial charge >= 0.3 is 0 Å². The summed E-state index contributed by atoms with van der Waals surface area (Å²) < 4.78 is 0. The molecule has 0 amide bonds. The number of hydrogen-bond donors (Lipinski definition) is 0. The maximum atomic E-state index is 6.81. The van der Waals surface area contributed by atoms with Crippen molar-refractivity contribution >= 4 is 62.5 Å². The average Bonchev–Trinajstić information content (AvgIpc) is 2.61. The van der Waals surface area contributed by atoms with E-state index in [1.54, 1.807) is 10.4 Å². The number of halogens is 1. The lowest BCUT2D eigenvalue weighted by atomic mass is 10.2. The van der Waals surface area contributed by atoms with Crippen LogP contribution in [-0.2, 0) is 0 Å². The van der Waals surface area contributed by atoms with E-state index < -0.39 is 24.9 Å². The molecule has 0 atom stereocenters. The SMILES string of the molecule is Cc1cc([SiH](c2cc(C)cc([Si](C)(C)C)c2)c2ccccc2Cl)cc([Si](C)(C)C)c1. The van der Waals surface area contributed by atoms with Crippen LogP contribution in [0.5, 0.6) is 0 Å². The lowest BCUT2D eigenvalue weighted by Gasteiger charge is -2.25. The van der Waals surface area contributed by atoms with Crippen LogP contribution < -0.4 is 25.9 Å². The van der Waals surface area contributed by atoms with Crippen LogP contribution in [0.1, 0.15) is 11.1 Å². The first-order chi connectivity index (χ1) is 13.9. The molecule has 3 aromatic rings. The molecule has 4 heteroatoms. The molecule has 30 heavy (non-hydrogen) atoms. The van der Waals surface area contributed by atoms with Gasteiger partial charge in [-0.3, -0.25) is 0 Å². The highest BCUT2D eigenvalue weighted by molar-refractivity contribution is 6.98. The minimum absolute atomic E-state index is 0.904. The van der Waals surface area contributed by atoms with Gasteiger partial charge in [-0.1, -0.05) is 137 Å². The molecule has 0 nitrogen and oxygen atoms in total. The van der Waals surface area contributed by atoms with E-state index in [0.29, 0.717) is 0 Å². The molecule has 0 aliphatic rings. The summed E-state index contributed by atoms with van der Waals surface area (Å²) in [6.07, 6.45) is 0. The molecule has 0 saturated carbocycles. The molecule has 0 heterocycles. The second kappa shape index (κ2) is 8.62. The highest BCUT2D eigenvalue weighted by atomic mass is 35.5. The van der Waals surface area contributed by atoms with Crippen molar-refractivity contribution < 1.29 is 0 Å². The Morgan fingerprint density at radius 1 is 0.633 bits per heavy atom. The van der Waals surface area contributed by atoms with Crippen LogP contribution in [0.15, 0.2) is 60.7 Å². The Labute approximate surface area is 192 Å². The summed E-state index contributed by atoms with van der Waals surface area (Å²) in [4.78, 5) is 0. The Bertz CT molecular complexity index is 995. The van der Waals surface area contributed by atoms with Gasteiger partial charge in [0.1, 0.15) is 8.80 Å². The van der Waals surface area contributed by atoms with Gasteiger partial charge in [-0.25, -0.2) is 0 Å². The lowest BCUT2D eigenvalue weighted by Crippen LogP contribution is -2.56. The smallest absolute Gasteiger partial charge is 0.0845 e. The first kappa shape index (κ1) is 23.3.